The van der Waals surface area contributed by atoms with E-state index in [1.54, 1.807) is 27.7 Å². The minimum atomic E-state index is -0.816. The smallest absolute Gasteiger partial charge is 0.138 e. The van der Waals surface area contributed by atoms with Gasteiger partial charge in [0.15, 0.2) is 0 Å². The summed E-state index contributed by atoms with van der Waals surface area (Å²) in [7, 11) is 0. The molecular formula is C13H26O3. The largest absolute Gasteiger partial charge is 0.390 e. The minimum Gasteiger partial charge on any atom is -0.390 e. The molecule has 3 heteroatoms. The van der Waals surface area contributed by atoms with Crippen molar-refractivity contribution >= 4 is 5.78 Å². The first-order valence-electron chi connectivity index (χ1n) is 5.91. The molecule has 0 aromatic rings. The first-order valence-corrected chi connectivity index (χ1v) is 5.91. The highest BCUT2D eigenvalue weighted by Gasteiger charge is 2.28. The molecule has 0 aromatic carbocycles. The van der Waals surface area contributed by atoms with E-state index >= 15 is 0 Å². The number of Topliss-reactive ketones (excluding diaryl/α,β-unsaturated/α-hetero) is 1. The predicted molar refractivity (Wildman–Crippen MR) is 65.2 cm³/mol. The summed E-state index contributed by atoms with van der Waals surface area (Å²) in [6, 6.07) is 0. The highest BCUT2D eigenvalue weighted by Crippen LogP contribution is 2.24. The molecule has 3 nitrogen and oxygen atoms in total. The molecule has 96 valence electrons. The van der Waals surface area contributed by atoms with Crippen LogP contribution in [0.3, 0.4) is 0 Å². The Morgan fingerprint density at radius 2 is 1.19 bits per heavy atom. The number of rotatable bonds is 6. The molecule has 0 saturated carbocycles. The van der Waals surface area contributed by atoms with Gasteiger partial charge in [0, 0.05) is 11.8 Å². The number of hydrogen-bond acceptors (Lipinski definition) is 3. The van der Waals surface area contributed by atoms with Crippen molar-refractivity contribution in [3.05, 3.63) is 0 Å². The maximum Gasteiger partial charge on any atom is 0.138 e. The van der Waals surface area contributed by atoms with Crippen LogP contribution in [-0.4, -0.2) is 27.2 Å². The fraction of sp³-hybridized carbons (Fsp3) is 0.923. The maximum absolute atomic E-state index is 12.0. The third-order valence-electron chi connectivity index (χ3n) is 2.58. The van der Waals surface area contributed by atoms with E-state index in [9.17, 15) is 15.0 Å². The third kappa shape index (κ3) is 6.96. The second kappa shape index (κ2) is 5.28. The lowest BCUT2D eigenvalue weighted by Gasteiger charge is -2.26. The van der Waals surface area contributed by atoms with Crippen molar-refractivity contribution in [1.82, 2.24) is 0 Å². The van der Waals surface area contributed by atoms with Gasteiger partial charge in [-0.1, -0.05) is 13.8 Å². The molecule has 0 amide bonds. The zero-order valence-electron chi connectivity index (χ0n) is 11.4. The van der Waals surface area contributed by atoms with Gasteiger partial charge < -0.3 is 10.2 Å². The van der Waals surface area contributed by atoms with Gasteiger partial charge in [0.25, 0.3) is 0 Å². The maximum atomic E-state index is 12.0. The van der Waals surface area contributed by atoms with E-state index in [0.29, 0.717) is 12.8 Å². The fourth-order valence-electron chi connectivity index (χ4n) is 2.19. The number of carbonyl (C=O) groups excluding carboxylic acids is 1. The lowest BCUT2D eigenvalue weighted by atomic mass is 9.83. The number of ketones is 1. The number of carbonyl (C=O) groups is 1. The Bertz CT molecular complexity index is 209. The SMILES string of the molecule is CC(CC(C)(C)O)C(=O)C(C)CC(C)(C)O. The van der Waals surface area contributed by atoms with Crippen molar-refractivity contribution in [3.63, 3.8) is 0 Å². The molecule has 0 heterocycles. The molecule has 2 N–H and O–H groups in total. The Hall–Kier alpha value is -0.410. The van der Waals surface area contributed by atoms with Crippen molar-refractivity contribution in [2.45, 2.75) is 65.6 Å². The Kier molecular flexibility index (Phi) is 5.15. The zero-order chi connectivity index (χ0) is 13.1. The van der Waals surface area contributed by atoms with Crippen LogP contribution in [0, 0.1) is 11.8 Å². The first-order chi connectivity index (χ1) is 6.92. The van der Waals surface area contributed by atoms with E-state index in [4.69, 9.17) is 0 Å². The van der Waals surface area contributed by atoms with Crippen molar-refractivity contribution in [2.24, 2.45) is 11.8 Å². The summed E-state index contributed by atoms with van der Waals surface area (Å²) in [4.78, 5) is 12.0. The summed E-state index contributed by atoms with van der Waals surface area (Å²) in [5.41, 5.74) is -1.63. The van der Waals surface area contributed by atoms with Gasteiger partial charge in [-0.3, -0.25) is 4.79 Å². The van der Waals surface area contributed by atoms with Crippen LogP contribution in [0.4, 0.5) is 0 Å². The van der Waals surface area contributed by atoms with E-state index < -0.39 is 11.2 Å². The highest BCUT2D eigenvalue weighted by atomic mass is 16.3. The van der Waals surface area contributed by atoms with E-state index in [0.717, 1.165) is 0 Å². The fourth-order valence-corrected chi connectivity index (χ4v) is 2.19. The van der Waals surface area contributed by atoms with Crippen LogP contribution < -0.4 is 0 Å². The lowest BCUT2D eigenvalue weighted by molar-refractivity contribution is -0.129. The molecule has 16 heavy (non-hydrogen) atoms. The molecule has 0 rings (SSSR count). The van der Waals surface area contributed by atoms with Crippen molar-refractivity contribution in [3.8, 4) is 0 Å². The van der Waals surface area contributed by atoms with Crippen LogP contribution in [0.2, 0.25) is 0 Å². The highest BCUT2D eigenvalue weighted by molar-refractivity contribution is 5.82. The topological polar surface area (TPSA) is 57.5 Å². The molecule has 0 spiro atoms. The van der Waals surface area contributed by atoms with Crippen LogP contribution >= 0.6 is 0 Å². The molecule has 0 saturated heterocycles. The van der Waals surface area contributed by atoms with Gasteiger partial charge in [0.2, 0.25) is 0 Å². The van der Waals surface area contributed by atoms with Gasteiger partial charge >= 0.3 is 0 Å². The molecule has 0 aliphatic carbocycles. The van der Waals surface area contributed by atoms with Crippen LogP contribution in [0.1, 0.15) is 54.4 Å². The van der Waals surface area contributed by atoms with Gasteiger partial charge in [0.05, 0.1) is 11.2 Å². The van der Waals surface area contributed by atoms with Crippen molar-refractivity contribution in [1.29, 1.82) is 0 Å². The second-order valence-electron chi connectivity index (χ2n) is 6.24. The van der Waals surface area contributed by atoms with E-state index in [-0.39, 0.29) is 17.6 Å². The molecule has 0 aliphatic heterocycles. The average Bonchev–Trinajstić information content (AvgIpc) is 1.96. The van der Waals surface area contributed by atoms with Gasteiger partial charge in [-0.15, -0.1) is 0 Å². The molecule has 2 atom stereocenters. The summed E-state index contributed by atoms with van der Waals surface area (Å²) in [6.07, 6.45) is 0.921. The molecule has 0 aliphatic rings. The molecule has 0 bridgehead atoms. The van der Waals surface area contributed by atoms with Gasteiger partial charge in [0.1, 0.15) is 5.78 Å². The van der Waals surface area contributed by atoms with E-state index in [2.05, 4.69) is 0 Å². The van der Waals surface area contributed by atoms with Crippen LogP contribution in [0.25, 0.3) is 0 Å². The van der Waals surface area contributed by atoms with Gasteiger partial charge in [-0.2, -0.15) is 0 Å². The van der Waals surface area contributed by atoms with Crippen LogP contribution in [0.15, 0.2) is 0 Å². The lowest BCUT2D eigenvalue weighted by Crippen LogP contribution is -2.32. The standard InChI is InChI=1S/C13H26O3/c1-9(7-12(3,4)15)11(14)10(2)8-13(5,6)16/h9-10,15-16H,7-8H2,1-6H3. The van der Waals surface area contributed by atoms with Crippen LogP contribution in [0.5, 0.6) is 0 Å². The molecule has 0 fully saturated rings. The first kappa shape index (κ1) is 15.6. The third-order valence-corrected chi connectivity index (χ3v) is 2.58. The second-order valence-corrected chi connectivity index (χ2v) is 6.24. The van der Waals surface area contributed by atoms with Crippen LogP contribution in [-0.2, 0) is 4.79 Å². The molecule has 0 aromatic heterocycles. The average molecular weight is 230 g/mol. The normalized spacial score (nSPS) is 17.0. The summed E-state index contributed by atoms with van der Waals surface area (Å²) < 4.78 is 0. The number of hydrogen-bond donors (Lipinski definition) is 2. The predicted octanol–water partition coefficient (Wildman–Crippen LogP) is 2.15. The Labute approximate surface area is 98.9 Å². The minimum absolute atomic E-state index is 0.115. The quantitative estimate of drug-likeness (QED) is 0.735. The monoisotopic (exact) mass is 230 g/mol. The summed E-state index contributed by atoms with van der Waals surface area (Å²) in [6.45, 7) is 10.5. The molecule has 0 radical (unpaired) electrons. The van der Waals surface area contributed by atoms with E-state index in [1.165, 1.54) is 0 Å². The number of aliphatic hydroxyl groups is 2. The summed E-state index contributed by atoms with van der Waals surface area (Å²) >= 11 is 0. The summed E-state index contributed by atoms with van der Waals surface area (Å²) in [5, 5.41) is 19.3. The molecule has 2 unspecified atom stereocenters. The Morgan fingerprint density at radius 3 is 1.38 bits per heavy atom. The van der Waals surface area contributed by atoms with E-state index in [1.807, 2.05) is 13.8 Å². The van der Waals surface area contributed by atoms with Gasteiger partial charge in [-0.25, -0.2) is 0 Å². The zero-order valence-corrected chi connectivity index (χ0v) is 11.4. The summed E-state index contributed by atoms with van der Waals surface area (Å²) in [5.74, 6) is -0.223. The van der Waals surface area contributed by atoms with Crippen molar-refractivity contribution < 1.29 is 15.0 Å². The van der Waals surface area contributed by atoms with Gasteiger partial charge in [-0.05, 0) is 40.5 Å². The Balaban J connectivity index is 4.34. The molecular weight excluding hydrogens is 204 g/mol. The Morgan fingerprint density at radius 1 is 0.938 bits per heavy atom. The van der Waals surface area contributed by atoms with Crippen molar-refractivity contribution in [2.75, 3.05) is 0 Å².